The molecule has 4 heteroatoms. The second kappa shape index (κ2) is 14.6. The van der Waals surface area contributed by atoms with Crippen molar-refractivity contribution in [2.24, 2.45) is 11.8 Å². The van der Waals surface area contributed by atoms with E-state index in [1.165, 1.54) is 18.3 Å². The van der Waals surface area contributed by atoms with E-state index in [0.717, 1.165) is 29.5 Å². The van der Waals surface area contributed by atoms with Gasteiger partial charge >= 0.3 is 0 Å². The number of aliphatic hydroxyl groups is 1. The molecule has 2 aromatic carbocycles. The van der Waals surface area contributed by atoms with Gasteiger partial charge in [0.05, 0.1) is 5.76 Å². The van der Waals surface area contributed by atoms with Crippen molar-refractivity contribution >= 4 is 5.78 Å². The first kappa shape index (κ1) is 23.6. The van der Waals surface area contributed by atoms with E-state index < -0.39 is 6.85 Å². The number of ketones is 1. The molecule has 0 fully saturated rings. The number of carbonyl (C=O) groups excluding carboxylic acids is 1. The molecule has 33 heavy (non-hydrogen) atoms. The fraction of sp³-hybridized carbons (Fsp3) is 0.310. The molecule has 177 valence electrons. The summed E-state index contributed by atoms with van der Waals surface area (Å²) in [5.74, 6) is 0.354. The summed E-state index contributed by atoms with van der Waals surface area (Å²) in [7, 11) is 0. The minimum absolute atomic E-state index is 0. The molecule has 3 rings (SSSR count). The van der Waals surface area contributed by atoms with Gasteiger partial charge in [-0.2, -0.15) is 0 Å². The van der Waals surface area contributed by atoms with Crippen LogP contribution in [-0.2, 0) is 24.9 Å². The van der Waals surface area contributed by atoms with Crippen LogP contribution in [0.1, 0.15) is 50.2 Å². The van der Waals surface area contributed by atoms with Gasteiger partial charge in [0.1, 0.15) is 0 Å². The van der Waals surface area contributed by atoms with Crippen LogP contribution >= 0.6 is 0 Å². The van der Waals surface area contributed by atoms with Gasteiger partial charge in [-0.15, -0.1) is 35.4 Å². The molecule has 1 radical (unpaired) electrons. The Morgan fingerprint density at radius 1 is 1.06 bits per heavy atom. The van der Waals surface area contributed by atoms with Crippen molar-refractivity contribution in [2.45, 2.75) is 47.4 Å². The summed E-state index contributed by atoms with van der Waals surface area (Å²) in [5, 5.41) is 9.47. The third-order valence-corrected chi connectivity index (χ3v) is 5.45. The van der Waals surface area contributed by atoms with Crippen LogP contribution in [-0.4, -0.2) is 15.9 Å². The minimum atomic E-state index is -2.13. The van der Waals surface area contributed by atoms with Gasteiger partial charge in [0, 0.05) is 48.3 Å². The van der Waals surface area contributed by atoms with E-state index >= 15 is 0 Å². The van der Waals surface area contributed by atoms with Gasteiger partial charge in [-0.1, -0.05) is 69.7 Å². The van der Waals surface area contributed by atoms with Crippen LogP contribution in [0.25, 0.3) is 22.4 Å². The van der Waals surface area contributed by atoms with Gasteiger partial charge in [0.25, 0.3) is 0 Å². The SMILES string of the molecule is CCC(C)C(=O)/C=C(\O)C(C)CC.[2H]C([2H])([2H])c1ccnc(-c2[c-]ccc(-c3ccccc3)c2)c1.[Ir]. The maximum atomic E-state index is 11.4. The van der Waals surface area contributed by atoms with Gasteiger partial charge < -0.3 is 10.1 Å². The number of aliphatic hydroxyl groups excluding tert-OH is 1. The number of aryl methyl sites for hydroxylation is 1. The topological polar surface area (TPSA) is 50.2 Å². The van der Waals surface area contributed by atoms with E-state index in [4.69, 9.17) is 4.11 Å². The second-order valence-electron chi connectivity index (χ2n) is 7.88. The van der Waals surface area contributed by atoms with Crippen LogP contribution < -0.4 is 0 Å². The van der Waals surface area contributed by atoms with Crippen molar-refractivity contribution in [2.75, 3.05) is 0 Å². The summed E-state index contributed by atoms with van der Waals surface area (Å²) in [6.07, 6.45) is 4.58. The van der Waals surface area contributed by atoms with Gasteiger partial charge in [-0.25, -0.2) is 0 Å². The van der Waals surface area contributed by atoms with Crippen LogP contribution in [0.15, 0.2) is 78.7 Å². The molecule has 0 bridgehead atoms. The van der Waals surface area contributed by atoms with E-state index in [0.29, 0.717) is 5.69 Å². The molecule has 2 unspecified atom stereocenters. The predicted octanol–water partition coefficient (Wildman–Crippen LogP) is 7.61. The summed E-state index contributed by atoms with van der Waals surface area (Å²) in [6, 6.07) is 22.1. The molecule has 0 amide bonds. The smallest absolute Gasteiger partial charge is 0.161 e. The number of nitrogens with zero attached hydrogens (tertiary/aromatic N) is 1. The number of hydrogen-bond acceptors (Lipinski definition) is 3. The van der Waals surface area contributed by atoms with E-state index in [2.05, 4.69) is 11.1 Å². The molecule has 0 saturated carbocycles. The Morgan fingerprint density at radius 3 is 2.39 bits per heavy atom. The summed E-state index contributed by atoms with van der Waals surface area (Å²) < 4.78 is 22.5. The number of allylic oxidation sites excluding steroid dienone is 2. The fourth-order valence-electron chi connectivity index (χ4n) is 2.84. The van der Waals surface area contributed by atoms with Crippen molar-refractivity contribution in [1.29, 1.82) is 0 Å². The number of carbonyl (C=O) groups is 1. The summed E-state index contributed by atoms with van der Waals surface area (Å²) in [4.78, 5) is 15.6. The third-order valence-electron chi connectivity index (χ3n) is 5.45. The molecule has 1 N–H and O–H groups in total. The number of pyridine rings is 1. The van der Waals surface area contributed by atoms with Gasteiger partial charge in [-0.3, -0.25) is 4.79 Å². The van der Waals surface area contributed by atoms with Crippen molar-refractivity contribution in [3.63, 3.8) is 0 Å². The molecular formula is C29H34IrNO2-. The standard InChI is InChI=1S/C18H14N.C11H20O2.Ir/c1-14-10-11-19-18(12-14)17-9-5-8-16(13-17)15-6-3-2-4-7-15;1-5-8(3)10(12)7-11(13)9(4)6-2;/h2-8,10-13H,1H3;7-9,12H,5-6H2,1-4H3;/q-1;;/b;10-7-;/i1D3;;. The Hall–Kier alpha value is -2.55. The monoisotopic (exact) mass is 624 g/mol. The number of hydrogen-bond donors (Lipinski definition) is 1. The number of benzene rings is 2. The maximum absolute atomic E-state index is 11.4. The van der Waals surface area contributed by atoms with Crippen molar-refractivity contribution in [3.8, 4) is 22.4 Å². The first-order chi connectivity index (χ1) is 16.6. The van der Waals surface area contributed by atoms with E-state index in [-0.39, 0.29) is 49.0 Å². The molecule has 1 aromatic heterocycles. The minimum Gasteiger partial charge on any atom is -0.512 e. The zero-order valence-electron chi connectivity index (χ0n) is 22.6. The molecule has 0 saturated heterocycles. The first-order valence-corrected chi connectivity index (χ1v) is 11.0. The van der Waals surface area contributed by atoms with Gasteiger partial charge in [-0.05, 0) is 37.0 Å². The molecule has 0 aliphatic rings. The van der Waals surface area contributed by atoms with Gasteiger partial charge in [0.15, 0.2) is 5.78 Å². The van der Waals surface area contributed by atoms with Crippen molar-refractivity contribution < 1.29 is 34.1 Å². The van der Waals surface area contributed by atoms with E-state index in [1.54, 1.807) is 6.07 Å². The van der Waals surface area contributed by atoms with E-state index in [9.17, 15) is 9.90 Å². The van der Waals surface area contributed by atoms with Crippen molar-refractivity contribution in [1.82, 2.24) is 4.98 Å². The molecule has 0 spiro atoms. The fourth-order valence-corrected chi connectivity index (χ4v) is 2.84. The summed E-state index contributed by atoms with van der Waals surface area (Å²) in [5.41, 5.74) is 3.84. The second-order valence-corrected chi connectivity index (χ2v) is 7.88. The molecule has 3 nitrogen and oxygen atoms in total. The largest absolute Gasteiger partial charge is 0.512 e. The molecular weight excluding hydrogens is 587 g/mol. The zero-order chi connectivity index (χ0) is 26.0. The van der Waals surface area contributed by atoms with Gasteiger partial charge in [0.2, 0.25) is 0 Å². The molecule has 2 atom stereocenters. The van der Waals surface area contributed by atoms with E-state index in [1.807, 2.05) is 76.2 Å². The summed E-state index contributed by atoms with van der Waals surface area (Å²) in [6.45, 7) is 5.62. The third kappa shape index (κ3) is 9.07. The normalized spacial score (nSPS) is 14.3. The number of rotatable bonds is 7. The molecule has 0 aliphatic carbocycles. The Bertz CT molecular complexity index is 1130. The van der Waals surface area contributed by atoms with Crippen LogP contribution in [0, 0.1) is 24.8 Å². The Balaban J connectivity index is 0.000000402. The first-order valence-electron chi connectivity index (χ1n) is 12.5. The average molecular weight is 624 g/mol. The quantitative estimate of drug-likeness (QED) is 0.167. The Kier molecular flexibility index (Phi) is 10.4. The average Bonchev–Trinajstić information content (AvgIpc) is 2.88. The predicted molar refractivity (Wildman–Crippen MR) is 133 cm³/mol. The molecule has 1 heterocycles. The van der Waals surface area contributed by atoms with Crippen LogP contribution in [0.3, 0.4) is 0 Å². The van der Waals surface area contributed by atoms with Crippen LogP contribution in [0.4, 0.5) is 0 Å². The number of aromatic nitrogens is 1. The zero-order valence-corrected chi connectivity index (χ0v) is 22.0. The van der Waals surface area contributed by atoms with Crippen LogP contribution in [0.2, 0.25) is 0 Å². The Labute approximate surface area is 216 Å². The maximum Gasteiger partial charge on any atom is 0.161 e. The summed E-state index contributed by atoms with van der Waals surface area (Å²) >= 11 is 0. The molecule has 3 aromatic rings. The Morgan fingerprint density at radius 2 is 1.76 bits per heavy atom. The molecule has 0 aliphatic heterocycles. The van der Waals surface area contributed by atoms with Crippen LogP contribution in [0.5, 0.6) is 0 Å². The van der Waals surface area contributed by atoms with Crippen molar-refractivity contribution in [3.05, 3.63) is 90.3 Å².